The molecule has 0 saturated carbocycles. The summed E-state index contributed by atoms with van der Waals surface area (Å²) in [6, 6.07) is 3.35. The highest BCUT2D eigenvalue weighted by atomic mass is 16.3. The SMILES string of the molecule is CC1=CC(=N)/C(=N\Nc2ccc(N)c(C)c2O)C=C1. The Kier molecular flexibility index (Phi) is 3.37. The Labute approximate surface area is 111 Å². The number of nitrogens with zero attached hydrogens (tertiary/aromatic N) is 1. The van der Waals surface area contributed by atoms with Crippen molar-refractivity contribution >= 4 is 22.8 Å². The van der Waals surface area contributed by atoms with Crippen molar-refractivity contribution in [2.24, 2.45) is 5.10 Å². The number of phenols is 1. The lowest BCUT2D eigenvalue weighted by molar-refractivity contribution is 0.473. The highest BCUT2D eigenvalue weighted by Gasteiger charge is 2.09. The minimum absolute atomic E-state index is 0.0717. The van der Waals surface area contributed by atoms with E-state index in [-0.39, 0.29) is 5.75 Å². The van der Waals surface area contributed by atoms with Gasteiger partial charge in [-0.05, 0) is 43.7 Å². The number of phenolic OH excluding ortho intramolecular Hbond substituents is 1. The van der Waals surface area contributed by atoms with E-state index in [4.69, 9.17) is 11.1 Å². The quantitative estimate of drug-likeness (QED) is 0.283. The lowest BCUT2D eigenvalue weighted by Gasteiger charge is -2.10. The molecule has 1 aromatic carbocycles. The van der Waals surface area contributed by atoms with Crippen molar-refractivity contribution in [3.8, 4) is 5.75 Å². The fourth-order valence-corrected chi connectivity index (χ4v) is 1.67. The molecule has 19 heavy (non-hydrogen) atoms. The number of anilines is 2. The molecule has 0 spiro atoms. The first-order valence-electron chi connectivity index (χ1n) is 5.86. The summed E-state index contributed by atoms with van der Waals surface area (Å²) in [5.74, 6) is 0.0717. The zero-order chi connectivity index (χ0) is 14.0. The number of hydrazone groups is 1. The van der Waals surface area contributed by atoms with Crippen LogP contribution in [-0.2, 0) is 0 Å². The summed E-state index contributed by atoms with van der Waals surface area (Å²) >= 11 is 0. The highest BCUT2D eigenvalue weighted by Crippen LogP contribution is 2.31. The van der Waals surface area contributed by atoms with Gasteiger partial charge in [0.1, 0.15) is 11.5 Å². The first kappa shape index (κ1) is 12.9. The van der Waals surface area contributed by atoms with Crippen molar-refractivity contribution in [3.63, 3.8) is 0 Å². The molecular weight excluding hydrogens is 240 g/mol. The Balaban J connectivity index is 2.22. The highest BCUT2D eigenvalue weighted by molar-refractivity contribution is 6.50. The molecule has 2 rings (SSSR count). The smallest absolute Gasteiger partial charge is 0.145 e. The van der Waals surface area contributed by atoms with Gasteiger partial charge in [-0.25, -0.2) is 0 Å². The summed E-state index contributed by atoms with van der Waals surface area (Å²) in [6.07, 6.45) is 5.37. The van der Waals surface area contributed by atoms with Gasteiger partial charge in [0.15, 0.2) is 0 Å². The van der Waals surface area contributed by atoms with Crippen molar-refractivity contribution < 1.29 is 5.11 Å². The molecule has 5 nitrogen and oxygen atoms in total. The summed E-state index contributed by atoms with van der Waals surface area (Å²) in [6.45, 7) is 3.65. The van der Waals surface area contributed by atoms with Gasteiger partial charge in [0.2, 0.25) is 0 Å². The van der Waals surface area contributed by atoms with E-state index in [0.717, 1.165) is 5.57 Å². The van der Waals surface area contributed by atoms with Gasteiger partial charge >= 0.3 is 0 Å². The van der Waals surface area contributed by atoms with E-state index in [1.807, 2.05) is 13.0 Å². The molecule has 1 aliphatic carbocycles. The molecule has 1 aromatic rings. The lowest BCUT2D eigenvalue weighted by atomic mass is 10.1. The molecule has 0 heterocycles. The van der Waals surface area contributed by atoms with Crippen LogP contribution in [0.5, 0.6) is 5.75 Å². The molecule has 0 unspecified atom stereocenters. The second-order valence-corrected chi connectivity index (χ2v) is 4.42. The van der Waals surface area contributed by atoms with Gasteiger partial charge in [-0.2, -0.15) is 5.10 Å². The fraction of sp³-hybridized carbons (Fsp3) is 0.143. The average molecular weight is 256 g/mol. The van der Waals surface area contributed by atoms with Crippen LogP contribution in [0.4, 0.5) is 11.4 Å². The molecule has 0 aliphatic heterocycles. The van der Waals surface area contributed by atoms with E-state index in [0.29, 0.717) is 28.4 Å². The van der Waals surface area contributed by atoms with E-state index in [1.165, 1.54) is 0 Å². The number of benzene rings is 1. The van der Waals surface area contributed by atoms with Gasteiger partial charge in [-0.1, -0.05) is 6.08 Å². The van der Waals surface area contributed by atoms with Crippen molar-refractivity contribution in [1.82, 2.24) is 0 Å². The van der Waals surface area contributed by atoms with Gasteiger partial charge < -0.3 is 10.8 Å². The lowest BCUT2D eigenvalue weighted by Crippen LogP contribution is -2.13. The molecular formula is C14H16N4O. The predicted octanol–water partition coefficient (Wildman–Crippen LogP) is 2.59. The van der Waals surface area contributed by atoms with Crippen LogP contribution >= 0.6 is 0 Å². The van der Waals surface area contributed by atoms with E-state index in [1.54, 1.807) is 31.2 Å². The molecule has 5 heteroatoms. The largest absolute Gasteiger partial charge is 0.505 e. The van der Waals surface area contributed by atoms with E-state index >= 15 is 0 Å². The third-order valence-electron chi connectivity index (χ3n) is 2.92. The standard InChI is InChI=1S/C14H16N4O/c1-8-3-5-12(11(16)7-8)17-18-13-6-4-10(15)9(2)14(13)19/h3-7,16,18-19H,15H2,1-2H3/b16-11?,17-12-. The fourth-order valence-electron chi connectivity index (χ4n) is 1.67. The molecule has 0 bridgehead atoms. The molecule has 0 aromatic heterocycles. The molecule has 0 atom stereocenters. The van der Waals surface area contributed by atoms with Crippen molar-refractivity contribution in [3.05, 3.63) is 41.5 Å². The van der Waals surface area contributed by atoms with Gasteiger partial charge in [0, 0.05) is 11.3 Å². The van der Waals surface area contributed by atoms with Crippen LogP contribution in [0.2, 0.25) is 0 Å². The molecule has 0 saturated heterocycles. The minimum Gasteiger partial charge on any atom is -0.505 e. The Morgan fingerprint density at radius 2 is 2.00 bits per heavy atom. The number of allylic oxidation sites excluding steroid dienone is 4. The number of rotatable bonds is 2. The van der Waals surface area contributed by atoms with Gasteiger partial charge in [-0.3, -0.25) is 10.8 Å². The summed E-state index contributed by atoms with van der Waals surface area (Å²) in [7, 11) is 0. The molecule has 1 aliphatic rings. The third kappa shape index (κ3) is 2.65. The summed E-state index contributed by atoms with van der Waals surface area (Å²) in [5, 5.41) is 21.8. The van der Waals surface area contributed by atoms with Gasteiger partial charge in [0.05, 0.1) is 11.4 Å². The monoisotopic (exact) mass is 256 g/mol. The number of nitrogen functional groups attached to an aromatic ring is 1. The maximum absolute atomic E-state index is 9.92. The second kappa shape index (κ2) is 4.97. The number of nitrogens with two attached hydrogens (primary N) is 1. The first-order valence-corrected chi connectivity index (χ1v) is 5.86. The number of hydrogen-bond donors (Lipinski definition) is 4. The Bertz CT molecular complexity index is 627. The average Bonchev–Trinajstić information content (AvgIpc) is 2.37. The molecule has 5 N–H and O–H groups in total. The van der Waals surface area contributed by atoms with Crippen molar-refractivity contribution in [2.75, 3.05) is 11.2 Å². The normalized spacial score (nSPS) is 16.6. The van der Waals surface area contributed by atoms with Crippen LogP contribution in [0.1, 0.15) is 12.5 Å². The maximum atomic E-state index is 9.92. The second-order valence-electron chi connectivity index (χ2n) is 4.42. The van der Waals surface area contributed by atoms with Crippen LogP contribution in [0.15, 0.2) is 41.0 Å². The third-order valence-corrected chi connectivity index (χ3v) is 2.92. The zero-order valence-electron chi connectivity index (χ0n) is 10.9. The Hall–Kier alpha value is -2.56. The van der Waals surface area contributed by atoms with Crippen molar-refractivity contribution in [2.45, 2.75) is 13.8 Å². The summed E-state index contributed by atoms with van der Waals surface area (Å²) < 4.78 is 0. The topological polar surface area (TPSA) is 94.5 Å². The summed E-state index contributed by atoms with van der Waals surface area (Å²) in [5.41, 5.74) is 11.9. The van der Waals surface area contributed by atoms with Crippen LogP contribution in [0.25, 0.3) is 0 Å². The number of hydrogen-bond acceptors (Lipinski definition) is 5. The molecule has 0 amide bonds. The maximum Gasteiger partial charge on any atom is 0.145 e. The number of nitrogens with one attached hydrogen (secondary N) is 2. The summed E-state index contributed by atoms with van der Waals surface area (Å²) in [4.78, 5) is 0. The molecule has 0 fully saturated rings. The van der Waals surface area contributed by atoms with Crippen LogP contribution in [0, 0.1) is 12.3 Å². The zero-order valence-corrected chi connectivity index (χ0v) is 10.9. The Morgan fingerprint density at radius 1 is 1.26 bits per heavy atom. The van der Waals surface area contributed by atoms with Crippen LogP contribution in [-0.4, -0.2) is 16.5 Å². The first-order chi connectivity index (χ1) is 8.99. The van der Waals surface area contributed by atoms with E-state index in [9.17, 15) is 5.11 Å². The Morgan fingerprint density at radius 3 is 2.68 bits per heavy atom. The van der Waals surface area contributed by atoms with Crippen LogP contribution in [0.3, 0.4) is 0 Å². The van der Waals surface area contributed by atoms with Crippen molar-refractivity contribution in [1.29, 1.82) is 5.41 Å². The van der Waals surface area contributed by atoms with E-state index < -0.39 is 0 Å². The predicted molar refractivity (Wildman–Crippen MR) is 78.9 cm³/mol. The van der Waals surface area contributed by atoms with E-state index in [2.05, 4.69) is 10.5 Å². The molecule has 98 valence electrons. The molecule has 0 radical (unpaired) electrons. The van der Waals surface area contributed by atoms with Gasteiger partial charge in [0.25, 0.3) is 0 Å². The van der Waals surface area contributed by atoms with Gasteiger partial charge in [-0.15, -0.1) is 0 Å². The van der Waals surface area contributed by atoms with Crippen LogP contribution < -0.4 is 11.2 Å². The minimum atomic E-state index is 0.0717. The number of aromatic hydroxyl groups is 1.